The van der Waals surface area contributed by atoms with Crippen LogP contribution in [0.2, 0.25) is 0 Å². The van der Waals surface area contributed by atoms with E-state index in [0.717, 1.165) is 43.9 Å². The number of rotatable bonds is 2. The van der Waals surface area contributed by atoms with Crippen LogP contribution in [0.1, 0.15) is 38.5 Å². The summed E-state index contributed by atoms with van der Waals surface area (Å²) >= 11 is 0. The van der Waals surface area contributed by atoms with Crippen molar-refractivity contribution in [1.29, 1.82) is 0 Å². The fourth-order valence-corrected chi connectivity index (χ4v) is 5.62. The highest BCUT2D eigenvalue weighted by Crippen LogP contribution is 2.60. The molecule has 0 spiro atoms. The van der Waals surface area contributed by atoms with Crippen LogP contribution >= 0.6 is 0 Å². The molecule has 4 saturated carbocycles. The highest BCUT2D eigenvalue weighted by atomic mass is 16.2. The molecule has 0 atom stereocenters. The van der Waals surface area contributed by atoms with E-state index in [4.69, 9.17) is 0 Å². The molecule has 5 fully saturated rings. The predicted molar refractivity (Wildman–Crippen MR) is 79.2 cm³/mol. The van der Waals surface area contributed by atoms with E-state index in [9.17, 15) is 4.79 Å². The Morgan fingerprint density at radius 1 is 1.00 bits per heavy atom. The Hall–Kier alpha value is -0.830. The monoisotopic (exact) mass is 274 g/mol. The largest absolute Gasteiger partial charge is 0.337 e. The number of carbonyl (C=O) groups is 1. The maximum atomic E-state index is 12.3. The van der Waals surface area contributed by atoms with Crippen molar-refractivity contribution in [3.63, 3.8) is 0 Å². The molecule has 3 heteroatoms. The van der Waals surface area contributed by atoms with Crippen LogP contribution in [0, 0.1) is 23.2 Å². The van der Waals surface area contributed by atoms with Gasteiger partial charge in [0.1, 0.15) is 0 Å². The molecule has 0 aromatic carbocycles. The third-order valence-electron chi connectivity index (χ3n) is 6.09. The second kappa shape index (κ2) is 4.87. The molecule has 0 unspecified atom stereocenters. The summed E-state index contributed by atoms with van der Waals surface area (Å²) in [4.78, 5) is 14.3. The van der Waals surface area contributed by atoms with Crippen molar-refractivity contribution < 1.29 is 4.79 Å². The molecule has 0 radical (unpaired) electrons. The summed E-state index contributed by atoms with van der Waals surface area (Å²) in [5, 5.41) is 3.30. The van der Waals surface area contributed by atoms with Crippen LogP contribution in [-0.2, 0) is 4.79 Å². The van der Waals surface area contributed by atoms with Crippen LogP contribution < -0.4 is 5.32 Å². The average Bonchev–Trinajstić information content (AvgIpc) is 2.44. The molecule has 3 nitrogen and oxygen atoms in total. The first-order chi connectivity index (χ1) is 9.72. The van der Waals surface area contributed by atoms with Gasteiger partial charge in [0.15, 0.2) is 0 Å². The van der Waals surface area contributed by atoms with Gasteiger partial charge in [-0.05, 0) is 67.8 Å². The molecule has 4 bridgehead atoms. The van der Waals surface area contributed by atoms with Crippen LogP contribution in [0.5, 0.6) is 0 Å². The van der Waals surface area contributed by atoms with Crippen molar-refractivity contribution in [1.82, 2.24) is 10.2 Å². The number of hydrogen-bond acceptors (Lipinski definition) is 2. The van der Waals surface area contributed by atoms with Crippen molar-refractivity contribution in [2.45, 2.75) is 38.5 Å². The Morgan fingerprint density at radius 2 is 1.55 bits per heavy atom. The van der Waals surface area contributed by atoms with Gasteiger partial charge in [0.2, 0.25) is 5.91 Å². The van der Waals surface area contributed by atoms with Crippen molar-refractivity contribution >= 4 is 5.91 Å². The Morgan fingerprint density at radius 3 is 2.10 bits per heavy atom. The van der Waals surface area contributed by atoms with Gasteiger partial charge in [0.25, 0.3) is 0 Å². The van der Waals surface area contributed by atoms with Gasteiger partial charge in [-0.1, -0.05) is 6.08 Å². The van der Waals surface area contributed by atoms with Gasteiger partial charge in [-0.15, -0.1) is 0 Å². The Balaban J connectivity index is 1.45. The average molecular weight is 274 g/mol. The zero-order valence-electron chi connectivity index (χ0n) is 12.3. The Bertz CT molecular complexity index is 387. The van der Waals surface area contributed by atoms with E-state index < -0.39 is 0 Å². The molecular weight excluding hydrogens is 248 g/mol. The highest BCUT2D eigenvalue weighted by molar-refractivity contribution is 5.87. The van der Waals surface area contributed by atoms with Gasteiger partial charge in [-0.25, -0.2) is 0 Å². The lowest BCUT2D eigenvalue weighted by Crippen LogP contribution is -2.47. The minimum Gasteiger partial charge on any atom is -0.337 e. The van der Waals surface area contributed by atoms with Crippen LogP contribution in [-0.4, -0.2) is 37.0 Å². The van der Waals surface area contributed by atoms with Gasteiger partial charge in [-0.2, -0.15) is 0 Å². The Kier molecular flexibility index (Phi) is 3.13. The normalized spacial score (nSPS) is 43.4. The van der Waals surface area contributed by atoms with E-state index >= 15 is 0 Å². The van der Waals surface area contributed by atoms with Gasteiger partial charge in [0, 0.05) is 26.2 Å². The first-order valence-corrected chi connectivity index (χ1v) is 8.41. The number of carbonyl (C=O) groups excluding carboxylic acids is 1. The molecule has 5 rings (SSSR count). The van der Waals surface area contributed by atoms with E-state index in [0.29, 0.717) is 5.41 Å². The van der Waals surface area contributed by atoms with Crippen molar-refractivity contribution in [2.75, 3.05) is 26.2 Å². The standard InChI is InChI=1S/C17H26N2O/c20-16(19-5-3-18-4-6-19)1-2-17-10-13-7-14(11-17)9-15(8-13)12-17/h1-2,13-15,18H,3-12H2/b2-1+. The number of amides is 1. The summed E-state index contributed by atoms with van der Waals surface area (Å²) in [6.45, 7) is 3.61. The molecule has 0 aromatic rings. The zero-order chi connectivity index (χ0) is 13.6. The topological polar surface area (TPSA) is 32.3 Å². The first-order valence-electron chi connectivity index (χ1n) is 8.41. The van der Waals surface area contributed by atoms with Crippen LogP contribution in [0.4, 0.5) is 0 Å². The molecule has 1 aliphatic heterocycles. The summed E-state index contributed by atoms with van der Waals surface area (Å²) in [6, 6.07) is 0. The number of nitrogens with zero attached hydrogens (tertiary/aromatic N) is 1. The third kappa shape index (κ3) is 2.30. The lowest BCUT2D eigenvalue weighted by Gasteiger charge is -2.55. The van der Waals surface area contributed by atoms with Gasteiger partial charge >= 0.3 is 0 Å². The van der Waals surface area contributed by atoms with Crippen LogP contribution in [0.3, 0.4) is 0 Å². The van der Waals surface area contributed by atoms with Crippen LogP contribution in [0.25, 0.3) is 0 Å². The highest BCUT2D eigenvalue weighted by Gasteiger charge is 2.49. The maximum Gasteiger partial charge on any atom is 0.246 e. The quantitative estimate of drug-likeness (QED) is 0.783. The third-order valence-corrected chi connectivity index (χ3v) is 6.09. The number of allylic oxidation sites excluding steroid dienone is 1. The molecule has 1 amide bonds. The summed E-state index contributed by atoms with van der Waals surface area (Å²) < 4.78 is 0. The van der Waals surface area contributed by atoms with Gasteiger partial charge < -0.3 is 10.2 Å². The second-order valence-corrected chi connectivity index (χ2v) is 7.69. The molecule has 1 saturated heterocycles. The lowest BCUT2D eigenvalue weighted by molar-refractivity contribution is -0.126. The predicted octanol–water partition coefficient (Wildman–Crippen LogP) is 2.19. The first kappa shape index (κ1) is 12.9. The zero-order valence-corrected chi connectivity index (χ0v) is 12.3. The Labute approximate surface area is 121 Å². The molecule has 1 heterocycles. The summed E-state index contributed by atoms with van der Waals surface area (Å²) in [7, 11) is 0. The van der Waals surface area contributed by atoms with Crippen molar-refractivity contribution in [2.24, 2.45) is 23.2 Å². The fraction of sp³-hybridized carbons (Fsp3) is 0.824. The molecule has 4 aliphatic carbocycles. The SMILES string of the molecule is O=C(/C=C/C12CC3CC(CC(C3)C1)C2)N1CCNCC1. The molecular formula is C17H26N2O. The van der Waals surface area contributed by atoms with Crippen molar-refractivity contribution in [3.8, 4) is 0 Å². The van der Waals surface area contributed by atoms with E-state index in [-0.39, 0.29) is 5.91 Å². The summed E-state index contributed by atoms with van der Waals surface area (Å²) in [6.07, 6.45) is 12.7. The van der Waals surface area contributed by atoms with Gasteiger partial charge in [0.05, 0.1) is 0 Å². The van der Waals surface area contributed by atoms with E-state index in [1.807, 2.05) is 11.0 Å². The molecule has 0 aromatic heterocycles. The number of hydrogen-bond donors (Lipinski definition) is 1. The number of piperazine rings is 1. The summed E-state index contributed by atoms with van der Waals surface area (Å²) in [5.74, 6) is 3.11. The van der Waals surface area contributed by atoms with E-state index in [1.54, 1.807) is 0 Å². The second-order valence-electron chi connectivity index (χ2n) is 7.69. The van der Waals surface area contributed by atoms with Crippen LogP contribution in [0.15, 0.2) is 12.2 Å². The lowest BCUT2D eigenvalue weighted by atomic mass is 9.49. The molecule has 110 valence electrons. The molecule has 1 N–H and O–H groups in total. The minimum absolute atomic E-state index is 0.238. The van der Waals surface area contributed by atoms with E-state index in [1.165, 1.54) is 38.5 Å². The minimum atomic E-state index is 0.238. The molecule has 5 aliphatic rings. The molecule has 20 heavy (non-hydrogen) atoms. The van der Waals surface area contributed by atoms with E-state index in [2.05, 4.69) is 11.4 Å². The smallest absolute Gasteiger partial charge is 0.246 e. The fourth-order valence-electron chi connectivity index (χ4n) is 5.62. The number of nitrogens with one attached hydrogen (secondary N) is 1. The maximum absolute atomic E-state index is 12.3. The van der Waals surface area contributed by atoms with Crippen molar-refractivity contribution in [3.05, 3.63) is 12.2 Å². The summed E-state index contributed by atoms with van der Waals surface area (Å²) in [5.41, 5.74) is 0.387. The van der Waals surface area contributed by atoms with Gasteiger partial charge in [-0.3, -0.25) is 4.79 Å².